The fraction of sp³-hybridized carbons (Fsp3) is 0.500. The molecule has 0 saturated carbocycles. The third-order valence-corrected chi connectivity index (χ3v) is 6.23. The molecule has 0 aliphatic carbocycles. The van der Waals surface area contributed by atoms with Gasteiger partial charge in [-0.3, -0.25) is 0 Å². The van der Waals surface area contributed by atoms with Crippen molar-refractivity contribution < 1.29 is 59.8 Å². The summed E-state index contributed by atoms with van der Waals surface area (Å²) >= 11 is 0. The molecule has 0 aromatic heterocycles. The van der Waals surface area contributed by atoms with Crippen LogP contribution in [0, 0.1) is 0 Å². The Morgan fingerprint density at radius 2 is 1.14 bits per heavy atom. The number of aliphatic hydroxyl groups excluding tert-OH is 8. The molecular weight excluding hydrogens is 480 g/mol. The fourth-order valence-electron chi connectivity index (χ4n) is 4.12. The minimum absolute atomic E-state index is 0.180. The second-order valence-corrected chi connectivity index (χ2v) is 8.65. The first kappa shape index (κ1) is 26.7. The summed E-state index contributed by atoms with van der Waals surface area (Å²) in [7, 11) is 0. The van der Waals surface area contributed by atoms with Gasteiger partial charge in [0.15, 0.2) is 0 Å². The van der Waals surface area contributed by atoms with Crippen LogP contribution in [0.25, 0.3) is 11.1 Å². The summed E-state index contributed by atoms with van der Waals surface area (Å²) in [5, 5.41) is 79.6. The highest BCUT2D eigenvalue weighted by Gasteiger charge is 2.46. The van der Waals surface area contributed by atoms with Gasteiger partial charge in [-0.15, -0.1) is 0 Å². The normalized spacial score (nSPS) is 36.9. The van der Waals surface area contributed by atoms with Crippen LogP contribution in [0.3, 0.4) is 0 Å². The van der Waals surface area contributed by atoms with E-state index >= 15 is 0 Å². The zero-order valence-corrected chi connectivity index (χ0v) is 19.0. The number of hydrogen-bond acceptors (Lipinski definition) is 12. The molecule has 10 atom stereocenters. The number of rotatable bonds is 7. The molecule has 2 saturated heterocycles. The molecule has 2 heterocycles. The van der Waals surface area contributed by atoms with Crippen molar-refractivity contribution in [3.05, 3.63) is 48.5 Å². The molecule has 0 spiro atoms. The Kier molecular flexibility index (Phi) is 8.42. The van der Waals surface area contributed by atoms with Crippen LogP contribution >= 0.6 is 0 Å². The van der Waals surface area contributed by atoms with Crippen molar-refractivity contribution in [2.45, 2.75) is 61.4 Å². The van der Waals surface area contributed by atoms with Crippen molar-refractivity contribution in [1.29, 1.82) is 0 Å². The summed E-state index contributed by atoms with van der Waals surface area (Å²) in [6.45, 7) is -1.21. The molecule has 2 fully saturated rings. The predicted molar refractivity (Wildman–Crippen MR) is 121 cm³/mol. The Morgan fingerprint density at radius 3 is 1.67 bits per heavy atom. The zero-order valence-electron chi connectivity index (χ0n) is 19.0. The van der Waals surface area contributed by atoms with Gasteiger partial charge in [-0.1, -0.05) is 30.3 Å². The van der Waals surface area contributed by atoms with Crippen molar-refractivity contribution in [3.63, 3.8) is 0 Å². The molecule has 0 radical (unpaired) electrons. The van der Waals surface area contributed by atoms with Crippen LogP contribution in [0.15, 0.2) is 48.5 Å². The maximum atomic E-state index is 10.4. The minimum Gasteiger partial charge on any atom is -0.462 e. The van der Waals surface area contributed by atoms with Crippen LogP contribution in [-0.2, 0) is 9.47 Å². The predicted octanol–water partition coefficient (Wildman–Crippen LogP) is -2.29. The molecule has 12 nitrogen and oxygen atoms in total. The Morgan fingerprint density at radius 1 is 0.611 bits per heavy atom. The monoisotopic (exact) mass is 510 g/mol. The first-order valence-corrected chi connectivity index (χ1v) is 11.4. The summed E-state index contributed by atoms with van der Waals surface area (Å²) in [5.74, 6) is 0.381. The first-order valence-electron chi connectivity index (χ1n) is 11.4. The molecule has 0 amide bonds. The van der Waals surface area contributed by atoms with E-state index in [4.69, 9.17) is 18.9 Å². The molecule has 12 heteroatoms. The summed E-state index contributed by atoms with van der Waals surface area (Å²) < 4.78 is 22.4. The smallest absolute Gasteiger partial charge is 0.229 e. The molecule has 2 aromatic rings. The standard InChI is InChI=1S/C24H30O12/c25-9-15-17(27)19(29)21(31)23(35-15)33-12-6-7-14(13(8-12)11-4-2-1-3-5-11)34-24-22(32)20(30)18(28)16(10-26)36-24/h1-8,15-32H,9-10H2. The van der Waals surface area contributed by atoms with Crippen molar-refractivity contribution in [3.8, 4) is 22.6 Å². The highest BCUT2D eigenvalue weighted by molar-refractivity contribution is 5.72. The molecule has 8 N–H and O–H groups in total. The molecule has 2 aromatic carbocycles. The van der Waals surface area contributed by atoms with E-state index in [0.29, 0.717) is 11.1 Å². The maximum Gasteiger partial charge on any atom is 0.229 e. The summed E-state index contributed by atoms with van der Waals surface area (Å²) in [4.78, 5) is 0. The number of aliphatic hydroxyl groups is 8. The second kappa shape index (κ2) is 11.4. The van der Waals surface area contributed by atoms with Crippen LogP contribution in [0.2, 0.25) is 0 Å². The number of ether oxygens (including phenoxy) is 4. The van der Waals surface area contributed by atoms with Crippen molar-refractivity contribution in [2.75, 3.05) is 13.2 Å². The van der Waals surface area contributed by atoms with Crippen molar-refractivity contribution in [2.24, 2.45) is 0 Å². The summed E-state index contributed by atoms with van der Waals surface area (Å²) in [6, 6.07) is 13.4. The molecule has 198 valence electrons. The van der Waals surface area contributed by atoms with Gasteiger partial charge in [-0.2, -0.15) is 0 Å². The lowest BCUT2D eigenvalue weighted by molar-refractivity contribution is -0.278. The SMILES string of the molecule is OCC1OC(Oc2ccc(OC3OC(CO)C(O)C(O)C3O)c(-c3ccccc3)c2)C(O)C(O)C1O. The average molecular weight is 510 g/mol. The second-order valence-electron chi connectivity index (χ2n) is 8.65. The van der Waals surface area contributed by atoms with E-state index in [1.807, 2.05) is 0 Å². The number of benzene rings is 2. The molecule has 2 aliphatic rings. The quantitative estimate of drug-likeness (QED) is 0.199. The van der Waals surface area contributed by atoms with Crippen LogP contribution in [0.1, 0.15) is 0 Å². The van der Waals surface area contributed by atoms with Crippen LogP contribution in [0.4, 0.5) is 0 Å². The molecule has 0 bridgehead atoms. The molecule has 4 rings (SSSR count). The van der Waals surface area contributed by atoms with Gasteiger partial charge in [0.2, 0.25) is 12.6 Å². The van der Waals surface area contributed by atoms with E-state index < -0.39 is 74.6 Å². The van der Waals surface area contributed by atoms with E-state index in [0.717, 1.165) is 0 Å². The molecule has 36 heavy (non-hydrogen) atoms. The summed E-state index contributed by atoms with van der Waals surface area (Å²) in [6.07, 6.45) is -14.6. The average Bonchev–Trinajstić information content (AvgIpc) is 2.90. The van der Waals surface area contributed by atoms with Gasteiger partial charge in [0.1, 0.15) is 60.3 Å². The van der Waals surface area contributed by atoms with Crippen LogP contribution < -0.4 is 9.47 Å². The Bertz CT molecular complexity index is 986. The fourth-order valence-corrected chi connectivity index (χ4v) is 4.12. The van der Waals surface area contributed by atoms with E-state index in [-0.39, 0.29) is 11.5 Å². The van der Waals surface area contributed by atoms with Crippen molar-refractivity contribution in [1.82, 2.24) is 0 Å². The highest BCUT2D eigenvalue weighted by Crippen LogP contribution is 2.37. The molecular formula is C24H30O12. The Balaban J connectivity index is 1.61. The molecule has 10 unspecified atom stereocenters. The number of hydrogen-bond donors (Lipinski definition) is 8. The largest absolute Gasteiger partial charge is 0.462 e. The van der Waals surface area contributed by atoms with Gasteiger partial charge in [-0.25, -0.2) is 0 Å². The van der Waals surface area contributed by atoms with Crippen molar-refractivity contribution >= 4 is 0 Å². The minimum atomic E-state index is -1.62. The first-order chi connectivity index (χ1) is 17.2. The summed E-state index contributed by atoms with van der Waals surface area (Å²) in [5.41, 5.74) is 1.12. The van der Waals surface area contributed by atoms with Gasteiger partial charge in [0.25, 0.3) is 0 Å². The zero-order chi connectivity index (χ0) is 26.0. The van der Waals surface area contributed by atoms with E-state index in [9.17, 15) is 40.9 Å². The Hall–Kier alpha value is -2.36. The van der Waals surface area contributed by atoms with Gasteiger partial charge in [-0.05, 0) is 23.8 Å². The van der Waals surface area contributed by atoms with Gasteiger partial charge < -0.3 is 59.8 Å². The third kappa shape index (κ3) is 5.33. The van der Waals surface area contributed by atoms with Crippen LogP contribution in [-0.4, -0.2) is 115 Å². The lowest BCUT2D eigenvalue weighted by atomic mass is 9.99. The maximum absolute atomic E-state index is 10.4. The molecule has 2 aliphatic heterocycles. The topological polar surface area (TPSA) is 199 Å². The van der Waals surface area contributed by atoms with Gasteiger partial charge >= 0.3 is 0 Å². The lowest BCUT2D eigenvalue weighted by Crippen LogP contribution is -2.60. The van der Waals surface area contributed by atoms with E-state index in [2.05, 4.69) is 0 Å². The van der Waals surface area contributed by atoms with E-state index in [1.165, 1.54) is 18.2 Å². The Labute approximate surface area is 206 Å². The van der Waals surface area contributed by atoms with E-state index in [1.54, 1.807) is 30.3 Å². The highest BCUT2D eigenvalue weighted by atomic mass is 16.7. The van der Waals surface area contributed by atoms with Gasteiger partial charge in [0, 0.05) is 5.56 Å². The lowest BCUT2D eigenvalue weighted by Gasteiger charge is -2.40. The van der Waals surface area contributed by atoms with Crippen LogP contribution in [0.5, 0.6) is 11.5 Å². The third-order valence-electron chi connectivity index (χ3n) is 6.23. The van der Waals surface area contributed by atoms with Gasteiger partial charge in [0.05, 0.1) is 13.2 Å².